The summed E-state index contributed by atoms with van der Waals surface area (Å²) in [5.74, 6) is 10.9. The zero-order valence-corrected chi connectivity index (χ0v) is 9.27. The van der Waals surface area contributed by atoms with Gasteiger partial charge in [-0.1, -0.05) is 18.2 Å². The maximum absolute atomic E-state index is 5.93. The van der Waals surface area contributed by atoms with Gasteiger partial charge in [-0.3, -0.25) is 11.7 Å². The summed E-state index contributed by atoms with van der Waals surface area (Å²) in [6.45, 7) is 2.55. The molecule has 84 valence electrons. The Kier molecular flexibility index (Phi) is 2.78. The highest BCUT2D eigenvalue weighted by Crippen LogP contribution is 2.24. The molecule has 0 radical (unpaired) electrons. The van der Waals surface area contributed by atoms with Gasteiger partial charge < -0.3 is 5.73 Å². The first-order valence-electron chi connectivity index (χ1n) is 5.12. The van der Waals surface area contributed by atoms with E-state index in [1.165, 1.54) is 10.7 Å². The normalized spacial score (nSPS) is 11.2. The van der Waals surface area contributed by atoms with Crippen LogP contribution >= 0.6 is 0 Å². The van der Waals surface area contributed by atoms with Gasteiger partial charge in [-0.2, -0.15) is 5.12 Å². The first-order valence-corrected chi connectivity index (χ1v) is 5.12. The summed E-state index contributed by atoms with van der Waals surface area (Å²) >= 11 is 0. The molecule has 4 heteroatoms. The van der Waals surface area contributed by atoms with Crippen molar-refractivity contribution in [2.24, 2.45) is 11.7 Å². The first kappa shape index (κ1) is 10.9. The summed E-state index contributed by atoms with van der Waals surface area (Å²) < 4.78 is 0. The molecule has 0 unspecified atom stereocenters. The lowest BCUT2D eigenvalue weighted by atomic mass is 10.0. The molecule has 16 heavy (non-hydrogen) atoms. The van der Waals surface area contributed by atoms with Crippen LogP contribution in [0.2, 0.25) is 0 Å². The molecule has 0 atom stereocenters. The van der Waals surface area contributed by atoms with Crippen LogP contribution in [0.4, 0.5) is 5.69 Å². The molecule has 0 spiro atoms. The average Bonchev–Trinajstić information content (AvgIpc) is 2.20. The summed E-state index contributed by atoms with van der Waals surface area (Å²) in [5.41, 5.74) is 8.97. The Morgan fingerprint density at radius 2 is 1.94 bits per heavy atom. The third-order valence-electron chi connectivity index (χ3n) is 2.72. The molecule has 4 nitrogen and oxygen atoms in total. The van der Waals surface area contributed by atoms with Crippen molar-refractivity contribution < 1.29 is 0 Å². The van der Waals surface area contributed by atoms with Crippen molar-refractivity contribution in [2.75, 3.05) is 5.73 Å². The van der Waals surface area contributed by atoms with Gasteiger partial charge in [0.15, 0.2) is 0 Å². The highest BCUT2D eigenvalue weighted by molar-refractivity contribution is 5.93. The number of nitrogens with two attached hydrogens (primary N) is 3. The summed E-state index contributed by atoms with van der Waals surface area (Å²) in [7, 11) is 0. The van der Waals surface area contributed by atoms with Crippen LogP contribution in [0.15, 0.2) is 30.3 Å². The molecule has 0 bridgehead atoms. The van der Waals surface area contributed by atoms with E-state index in [0.29, 0.717) is 6.54 Å². The van der Waals surface area contributed by atoms with E-state index in [1.54, 1.807) is 0 Å². The van der Waals surface area contributed by atoms with Gasteiger partial charge in [-0.15, -0.1) is 0 Å². The van der Waals surface area contributed by atoms with Gasteiger partial charge in [0.2, 0.25) is 0 Å². The van der Waals surface area contributed by atoms with Crippen molar-refractivity contribution in [3.05, 3.63) is 41.5 Å². The molecule has 0 heterocycles. The fourth-order valence-corrected chi connectivity index (χ4v) is 1.88. The Morgan fingerprint density at radius 1 is 1.19 bits per heavy atom. The Morgan fingerprint density at radius 3 is 2.62 bits per heavy atom. The number of anilines is 1. The zero-order chi connectivity index (χ0) is 11.7. The zero-order valence-electron chi connectivity index (χ0n) is 9.27. The van der Waals surface area contributed by atoms with Gasteiger partial charge >= 0.3 is 0 Å². The first-order chi connectivity index (χ1) is 7.58. The highest BCUT2D eigenvalue weighted by Gasteiger charge is 2.05. The molecule has 0 aliphatic heterocycles. The van der Waals surface area contributed by atoms with E-state index in [0.717, 1.165) is 22.0 Å². The van der Waals surface area contributed by atoms with Gasteiger partial charge in [0.1, 0.15) is 0 Å². The van der Waals surface area contributed by atoms with Crippen LogP contribution in [0.3, 0.4) is 0 Å². The second-order valence-corrected chi connectivity index (χ2v) is 4.02. The van der Waals surface area contributed by atoms with E-state index in [9.17, 15) is 0 Å². The molecule has 0 saturated carbocycles. The number of rotatable bonds is 2. The van der Waals surface area contributed by atoms with Gasteiger partial charge in [0.25, 0.3) is 0 Å². The average molecular weight is 216 g/mol. The number of aryl methyl sites for hydroxylation is 1. The minimum Gasteiger partial charge on any atom is -0.398 e. The molecule has 0 fully saturated rings. The third-order valence-corrected chi connectivity index (χ3v) is 2.72. The third kappa shape index (κ3) is 1.99. The second-order valence-electron chi connectivity index (χ2n) is 4.02. The smallest absolute Gasteiger partial charge is 0.0536 e. The van der Waals surface area contributed by atoms with Crippen molar-refractivity contribution >= 4 is 16.5 Å². The molecule has 0 amide bonds. The van der Waals surface area contributed by atoms with Crippen LogP contribution in [0.25, 0.3) is 10.8 Å². The number of benzene rings is 2. The Labute approximate surface area is 94.6 Å². The minimum absolute atomic E-state index is 0.510. The van der Waals surface area contributed by atoms with Crippen molar-refractivity contribution in [3.63, 3.8) is 0 Å². The number of hydrogen-bond acceptors (Lipinski definition) is 4. The Bertz CT molecular complexity index is 520. The van der Waals surface area contributed by atoms with Gasteiger partial charge in [0.05, 0.1) is 6.54 Å². The molecule has 0 aromatic heterocycles. The number of hydrogen-bond donors (Lipinski definition) is 3. The highest BCUT2D eigenvalue weighted by atomic mass is 15.6. The van der Waals surface area contributed by atoms with Crippen LogP contribution in [0, 0.1) is 6.92 Å². The molecule has 2 aromatic carbocycles. The Hall–Kier alpha value is -1.62. The van der Waals surface area contributed by atoms with E-state index in [4.69, 9.17) is 17.4 Å². The maximum atomic E-state index is 5.93. The molecule has 2 rings (SSSR count). The van der Waals surface area contributed by atoms with Crippen molar-refractivity contribution in [1.82, 2.24) is 5.12 Å². The maximum Gasteiger partial charge on any atom is 0.0536 e. The van der Waals surface area contributed by atoms with Crippen molar-refractivity contribution in [3.8, 4) is 0 Å². The van der Waals surface area contributed by atoms with Crippen LogP contribution in [0.5, 0.6) is 0 Å². The summed E-state index contributed by atoms with van der Waals surface area (Å²) in [5, 5.41) is 3.36. The number of nitrogens with zero attached hydrogens (tertiary/aromatic N) is 1. The van der Waals surface area contributed by atoms with Crippen molar-refractivity contribution in [2.45, 2.75) is 13.5 Å². The van der Waals surface area contributed by atoms with E-state index in [2.05, 4.69) is 6.07 Å². The van der Waals surface area contributed by atoms with Crippen LogP contribution in [-0.4, -0.2) is 5.12 Å². The lowest BCUT2D eigenvalue weighted by Crippen LogP contribution is -2.37. The summed E-state index contributed by atoms with van der Waals surface area (Å²) in [4.78, 5) is 0. The molecular formula is C12H16N4. The quantitative estimate of drug-likeness (QED) is 0.401. The predicted octanol–water partition coefficient (Wildman–Crippen LogP) is 1.28. The summed E-state index contributed by atoms with van der Waals surface area (Å²) in [6, 6.07) is 10.0. The molecular weight excluding hydrogens is 200 g/mol. The van der Waals surface area contributed by atoms with Gasteiger partial charge in [-0.25, -0.2) is 0 Å². The largest absolute Gasteiger partial charge is 0.398 e. The van der Waals surface area contributed by atoms with Gasteiger partial charge in [-0.05, 0) is 35.6 Å². The SMILES string of the molecule is Cc1cc2cccc(N)c2cc1CN(N)N. The van der Waals surface area contributed by atoms with Crippen LogP contribution in [-0.2, 0) is 6.54 Å². The van der Waals surface area contributed by atoms with Gasteiger partial charge in [0, 0.05) is 11.1 Å². The van der Waals surface area contributed by atoms with Crippen molar-refractivity contribution in [1.29, 1.82) is 0 Å². The minimum atomic E-state index is 0.510. The number of hydrazine groups is 2. The molecule has 2 aromatic rings. The van der Waals surface area contributed by atoms with E-state index in [-0.39, 0.29) is 0 Å². The molecule has 0 aliphatic rings. The van der Waals surface area contributed by atoms with E-state index in [1.807, 2.05) is 31.2 Å². The molecule has 0 aliphatic carbocycles. The van der Waals surface area contributed by atoms with Crippen LogP contribution < -0.4 is 17.4 Å². The van der Waals surface area contributed by atoms with E-state index >= 15 is 0 Å². The summed E-state index contributed by atoms with van der Waals surface area (Å²) in [6.07, 6.45) is 0. The fraction of sp³-hybridized carbons (Fsp3) is 0.167. The number of fused-ring (bicyclic) bond motifs is 1. The lowest BCUT2D eigenvalue weighted by Gasteiger charge is -2.13. The van der Waals surface area contributed by atoms with Crippen LogP contribution in [0.1, 0.15) is 11.1 Å². The number of nitrogen functional groups attached to an aromatic ring is 1. The Balaban J connectivity index is 2.60. The monoisotopic (exact) mass is 216 g/mol. The lowest BCUT2D eigenvalue weighted by molar-refractivity contribution is 0.285. The fourth-order valence-electron chi connectivity index (χ4n) is 1.88. The topological polar surface area (TPSA) is 81.3 Å². The van der Waals surface area contributed by atoms with E-state index < -0.39 is 0 Å². The molecule has 6 N–H and O–H groups in total. The standard InChI is InChI=1S/C12H16N4/c1-8-5-9-3-2-4-12(13)11(9)6-10(8)7-16(14)15/h2-6H,7,13-15H2,1H3. The predicted molar refractivity (Wildman–Crippen MR) is 67.0 cm³/mol. The second kappa shape index (κ2) is 4.09. The molecule has 0 saturated heterocycles.